The Morgan fingerprint density at radius 3 is 2.30 bits per heavy atom. The topological polar surface area (TPSA) is 85.9 Å². The monoisotopic (exact) mass is 412 g/mol. The summed E-state index contributed by atoms with van der Waals surface area (Å²) in [6.45, 7) is 0.184. The lowest BCUT2D eigenvalue weighted by atomic mass is 10.0. The molecule has 0 atom stereocenters. The van der Waals surface area contributed by atoms with Gasteiger partial charge in [-0.05, 0) is 42.7 Å². The van der Waals surface area contributed by atoms with Gasteiger partial charge in [-0.3, -0.25) is 9.59 Å². The van der Waals surface area contributed by atoms with Crippen molar-refractivity contribution in [3.05, 3.63) is 59.2 Å². The summed E-state index contributed by atoms with van der Waals surface area (Å²) in [5.74, 6) is 0.732. The molecule has 2 aromatic rings. The Kier molecular flexibility index (Phi) is 6.95. The number of hydrogen-bond donors (Lipinski definition) is 2. The van der Waals surface area contributed by atoms with Crippen LogP contribution in [0, 0.1) is 0 Å². The third kappa shape index (κ3) is 5.51. The van der Waals surface area contributed by atoms with E-state index in [1.807, 2.05) is 18.2 Å². The van der Waals surface area contributed by atoms with E-state index in [-0.39, 0.29) is 30.5 Å². The van der Waals surface area contributed by atoms with Gasteiger partial charge in [-0.25, -0.2) is 0 Å². The number of carbonyl (C=O) groups excluding carboxylic acids is 2. The molecule has 0 aromatic heterocycles. The molecule has 0 bridgehead atoms. The highest BCUT2D eigenvalue weighted by Crippen LogP contribution is 2.41. The van der Waals surface area contributed by atoms with Crippen molar-refractivity contribution < 1.29 is 23.8 Å². The van der Waals surface area contributed by atoms with E-state index < -0.39 is 0 Å². The van der Waals surface area contributed by atoms with Gasteiger partial charge in [0.1, 0.15) is 11.5 Å². The Hall–Kier alpha value is -3.06. The van der Waals surface area contributed by atoms with Crippen molar-refractivity contribution in [2.45, 2.75) is 31.4 Å². The number of nitrogens with one attached hydrogen (secondary N) is 2. The number of rotatable bonds is 10. The molecule has 0 heterocycles. The summed E-state index contributed by atoms with van der Waals surface area (Å²) >= 11 is 0. The lowest BCUT2D eigenvalue weighted by molar-refractivity contribution is -0.120. The first-order chi connectivity index (χ1) is 14.5. The van der Waals surface area contributed by atoms with Gasteiger partial charge >= 0.3 is 0 Å². The predicted molar refractivity (Wildman–Crippen MR) is 113 cm³/mol. The van der Waals surface area contributed by atoms with E-state index in [0.29, 0.717) is 17.1 Å². The second-order valence-corrected chi connectivity index (χ2v) is 7.40. The van der Waals surface area contributed by atoms with Crippen LogP contribution in [0.4, 0.5) is 0 Å². The first-order valence-electron chi connectivity index (χ1n) is 9.88. The summed E-state index contributed by atoms with van der Waals surface area (Å²) in [5.41, 5.74) is 2.45. The molecular formula is C23H28N2O5. The minimum atomic E-state index is -0.286. The van der Waals surface area contributed by atoms with Crippen molar-refractivity contribution >= 4 is 11.8 Å². The van der Waals surface area contributed by atoms with Crippen LogP contribution < -0.4 is 20.1 Å². The normalized spacial score (nSPS) is 14.0. The fourth-order valence-corrected chi connectivity index (χ4v) is 3.26. The SMILES string of the molecule is COc1ccc(CNC(=O)CNC(=O)c2ccc(CC3(OC)CC3)cc2)c(OC)c1. The Morgan fingerprint density at radius 2 is 1.70 bits per heavy atom. The largest absolute Gasteiger partial charge is 0.497 e. The molecule has 3 rings (SSSR count). The molecule has 7 heteroatoms. The van der Waals surface area contributed by atoms with Crippen molar-refractivity contribution in [3.63, 3.8) is 0 Å². The summed E-state index contributed by atoms with van der Waals surface area (Å²) < 4.78 is 16.0. The predicted octanol–water partition coefficient (Wildman–Crippen LogP) is 2.47. The Balaban J connectivity index is 1.46. The van der Waals surface area contributed by atoms with E-state index in [9.17, 15) is 9.59 Å². The fraction of sp³-hybridized carbons (Fsp3) is 0.391. The molecule has 30 heavy (non-hydrogen) atoms. The van der Waals surface area contributed by atoms with Crippen molar-refractivity contribution in [1.29, 1.82) is 0 Å². The zero-order valence-corrected chi connectivity index (χ0v) is 17.6. The fourth-order valence-electron chi connectivity index (χ4n) is 3.26. The average Bonchev–Trinajstić information content (AvgIpc) is 3.56. The van der Waals surface area contributed by atoms with E-state index in [2.05, 4.69) is 10.6 Å². The van der Waals surface area contributed by atoms with Crippen LogP contribution >= 0.6 is 0 Å². The third-order valence-corrected chi connectivity index (χ3v) is 5.36. The van der Waals surface area contributed by atoms with Gasteiger partial charge in [0.05, 0.1) is 26.4 Å². The Bertz CT molecular complexity index is 891. The first-order valence-corrected chi connectivity index (χ1v) is 9.88. The van der Waals surface area contributed by atoms with E-state index in [0.717, 1.165) is 30.4 Å². The van der Waals surface area contributed by atoms with E-state index in [1.165, 1.54) is 0 Å². The zero-order valence-electron chi connectivity index (χ0n) is 17.6. The van der Waals surface area contributed by atoms with Crippen LogP contribution in [0.15, 0.2) is 42.5 Å². The maximum absolute atomic E-state index is 12.3. The molecule has 0 spiro atoms. The zero-order chi connectivity index (χ0) is 21.6. The van der Waals surface area contributed by atoms with E-state index in [4.69, 9.17) is 14.2 Å². The number of ether oxygens (including phenoxy) is 3. The number of carbonyl (C=O) groups is 2. The lowest BCUT2D eigenvalue weighted by Crippen LogP contribution is -2.36. The lowest BCUT2D eigenvalue weighted by Gasteiger charge is -2.13. The summed E-state index contributed by atoms with van der Waals surface area (Å²) in [7, 11) is 4.88. The molecule has 0 radical (unpaired) electrons. The molecule has 2 aromatic carbocycles. The smallest absolute Gasteiger partial charge is 0.251 e. The molecule has 7 nitrogen and oxygen atoms in total. The number of benzene rings is 2. The highest BCUT2D eigenvalue weighted by molar-refractivity contribution is 5.96. The molecule has 2 amide bonds. The van der Waals surface area contributed by atoms with Gasteiger partial charge in [-0.15, -0.1) is 0 Å². The molecule has 0 aliphatic heterocycles. The van der Waals surface area contributed by atoms with Crippen molar-refractivity contribution in [1.82, 2.24) is 10.6 Å². The maximum atomic E-state index is 12.3. The summed E-state index contributed by atoms with van der Waals surface area (Å²) in [6, 6.07) is 12.8. The molecule has 0 saturated heterocycles. The number of amides is 2. The molecule has 1 aliphatic carbocycles. The van der Waals surface area contributed by atoms with Crippen LogP contribution in [0.2, 0.25) is 0 Å². The molecule has 160 valence electrons. The van der Waals surface area contributed by atoms with Gasteiger partial charge in [0.2, 0.25) is 5.91 Å². The average molecular weight is 412 g/mol. The van der Waals surface area contributed by atoms with Crippen LogP contribution in [0.3, 0.4) is 0 Å². The highest BCUT2D eigenvalue weighted by atomic mass is 16.5. The van der Waals surface area contributed by atoms with Gasteiger partial charge < -0.3 is 24.8 Å². The van der Waals surface area contributed by atoms with Crippen molar-refractivity contribution in [2.24, 2.45) is 0 Å². The summed E-state index contributed by atoms with van der Waals surface area (Å²) in [5, 5.41) is 5.42. The minimum absolute atomic E-state index is 0.0194. The Labute approximate surface area is 176 Å². The van der Waals surface area contributed by atoms with Crippen molar-refractivity contribution in [3.8, 4) is 11.5 Å². The third-order valence-electron chi connectivity index (χ3n) is 5.36. The highest BCUT2D eigenvalue weighted by Gasteiger charge is 2.42. The number of hydrogen-bond acceptors (Lipinski definition) is 5. The molecule has 1 aliphatic rings. The van der Waals surface area contributed by atoms with Crippen LogP contribution in [0.5, 0.6) is 11.5 Å². The van der Waals surface area contributed by atoms with Crippen LogP contribution in [0.25, 0.3) is 0 Å². The van der Waals surface area contributed by atoms with Gasteiger partial charge in [0, 0.05) is 37.3 Å². The van der Waals surface area contributed by atoms with Crippen LogP contribution in [0.1, 0.15) is 34.3 Å². The quantitative estimate of drug-likeness (QED) is 0.626. The van der Waals surface area contributed by atoms with E-state index >= 15 is 0 Å². The van der Waals surface area contributed by atoms with Gasteiger partial charge in [-0.2, -0.15) is 0 Å². The number of methoxy groups -OCH3 is 3. The minimum Gasteiger partial charge on any atom is -0.497 e. The van der Waals surface area contributed by atoms with Crippen molar-refractivity contribution in [2.75, 3.05) is 27.9 Å². The standard InChI is InChI=1S/C23H28N2O5/c1-28-19-9-8-18(20(12-19)29-2)14-24-21(26)15-25-22(27)17-6-4-16(5-7-17)13-23(30-3)10-11-23/h4-9,12H,10-11,13-15H2,1-3H3,(H,24,26)(H,25,27). The summed E-state index contributed by atoms with van der Waals surface area (Å²) in [4.78, 5) is 24.4. The first kappa shape index (κ1) is 21.6. The van der Waals surface area contributed by atoms with Gasteiger partial charge in [-0.1, -0.05) is 12.1 Å². The van der Waals surface area contributed by atoms with Crippen LogP contribution in [-0.2, 0) is 22.5 Å². The molecule has 0 unspecified atom stereocenters. The van der Waals surface area contributed by atoms with Gasteiger partial charge in [0.15, 0.2) is 0 Å². The summed E-state index contributed by atoms with van der Waals surface area (Å²) in [6.07, 6.45) is 3.00. The molecule has 2 N–H and O–H groups in total. The van der Waals surface area contributed by atoms with Gasteiger partial charge in [0.25, 0.3) is 5.91 Å². The maximum Gasteiger partial charge on any atom is 0.251 e. The second-order valence-electron chi connectivity index (χ2n) is 7.40. The molecular weight excluding hydrogens is 384 g/mol. The molecule has 1 fully saturated rings. The second kappa shape index (κ2) is 9.63. The van der Waals surface area contributed by atoms with E-state index in [1.54, 1.807) is 45.6 Å². The molecule has 1 saturated carbocycles. The van der Waals surface area contributed by atoms with Crippen LogP contribution in [-0.4, -0.2) is 45.3 Å². The Morgan fingerprint density at radius 1 is 0.967 bits per heavy atom.